The van der Waals surface area contributed by atoms with Gasteiger partial charge in [-0.05, 0) is 69.2 Å². The van der Waals surface area contributed by atoms with Crippen molar-refractivity contribution >= 4 is 44.4 Å². The number of hydrogen-bond donors (Lipinski definition) is 0. The monoisotopic (exact) mass is 417 g/mol. The summed E-state index contributed by atoms with van der Waals surface area (Å²) in [6.07, 6.45) is 0.806. The molecule has 0 N–H and O–H groups in total. The SMILES string of the molecule is CCSc1ccc(C(=O)N(CCCN(C)C)c2nc3c(F)cccc3s2)cc1. The fourth-order valence-corrected chi connectivity index (χ4v) is 4.53. The highest BCUT2D eigenvalue weighted by Gasteiger charge is 2.22. The number of amides is 1. The van der Waals surface area contributed by atoms with Crippen LogP contribution >= 0.6 is 23.1 Å². The molecule has 1 heterocycles. The lowest BCUT2D eigenvalue weighted by Gasteiger charge is -2.21. The quantitative estimate of drug-likeness (QED) is 0.475. The van der Waals surface area contributed by atoms with Crippen LogP contribution in [0.3, 0.4) is 0 Å². The van der Waals surface area contributed by atoms with E-state index in [1.807, 2.05) is 44.4 Å². The number of thioether (sulfide) groups is 1. The van der Waals surface area contributed by atoms with Crippen LogP contribution in [-0.2, 0) is 0 Å². The Morgan fingerprint density at radius 1 is 1.14 bits per heavy atom. The molecular weight excluding hydrogens is 393 g/mol. The minimum absolute atomic E-state index is 0.105. The molecular formula is C21H24FN3OS2. The number of benzene rings is 2. The number of nitrogens with zero attached hydrogens (tertiary/aromatic N) is 3. The maximum absolute atomic E-state index is 14.1. The van der Waals surface area contributed by atoms with Crippen LogP contribution in [-0.4, -0.2) is 48.7 Å². The van der Waals surface area contributed by atoms with Gasteiger partial charge in [0.15, 0.2) is 5.13 Å². The van der Waals surface area contributed by atoms with E-state index in [4.69, 9.17) is 0 Å². The van der Waals surface area contributed by atoms with Gasteiger partial charge in [0, 0.05) is 17.0 Å². The van der Waals surface area contributed by atoms with Gasteiger partial charge in [-0.1, -0.05) is 24.3 Å². The Morgan fingerprint density at radius 3 is 2.54 bits per heavy atom. The van der Waals surface area contributed by atoms with Crippen LogP contribution in [0, 0.1) is 5.82 Å². The van der Waals surface area contributed by atoms with Crippen molar-refractivity contribution in [2.45, 2.75) is 18.2 Å². The zero-order chi connectivity index (χ0) is 20.1. The Balaban J connectivity index is 1.90. The van der Waals surface area contributed by atoms with Crippen LogP contribution in [0.5, 0.6) is 0 Å². The summed E-state index contributed by atoms with van der Waals surface area (Å²) in [4.78, 5) is 22.6. The molecule has 0 saturated heterocycles. The lowest BCUT2D eigenvalue weighted by Crippen LogP contribution is -2.33. The van der Waals surface area contributed by atoms with E-state index in [9.17, 15) is 9.18 Å². The Bertz CT molecular complexity index is 940. The molecule has 0 aliphatic rings. The van der Waals surface area contributed by atoms with Crippen molar-refractivity contribution in [2.75, 3.05) is 37.8 Å². The predicted molar refractivity (Wildman–Crippen MR) is 117 cm³/mol. The summed E-state index contributed by atoms with van der Waals surface area (Å²) < 4.78 is 14.8. The summed E-state index contributed by atoms with van der Waals surface area (Å²) in [6.45, 7) is 3.49. The van der Waals surface area contributed by atoms with E-state index in [1.165, 1.54) is 17.4 Å². The molecule has 0 radical (unpaired) electrons. The molecule has 4 nitrogen and oxygen atoms in total. The molecule has 3 aromatic rings. The van der Waals surface area contributed by atoms with Gasteiger partial charge in [-0.25, -0.2) is 9.37 Å². The van der Waals surface area contributed by atoms with Crippen LogP contribution in [0.25, 0.3) is 10.2 Å². The van der Waals surface area contributed by atoms with Gasteiger partial charge in [-0.15, -0.1) is 11.8 Å². The highest BCUT2D eigenvalue weighted by atomic mass is 32.2. The molecule has 0 unspecified atom stereocenters. The van der Waals surface area contributed by atoms with Crippen molar-refractivity contribution in [3.63, 3.8) is 0 Å². The second kappa shape index (κ2) is 9.49. The van der Waals surface area contributed by atoms with Crippen LogP contribution in [0.2, 0.25) is 0 Å². The number of anilines is 1. The smallest absolute Gasteiger partial charge is 0.260 e. The van der Waals surface area contributed by atoms with Crippen molar-refractivity contribution in [3.05, 3.63) is 53.8 Å². The van der Waals surface area contributed by atoms with E-state index in [1.54, 1.807) is 22.7 Å². The van der Waals surface area contributed by atoms with Crippen molar-refractivity contribution in [1.82, 2.24) is 9.88 Å². The number of para-hydroxylation sites is 1. The molecule has 0 aliphatic heterocycles. The van der Waals surface area contributed by atoms with E-state index < -0.39 is 0 Å². The maximum Gasteiger partial charge on any atom is 0.260 e. The molecule has 0 fully saturated rings. The average molecular weight is 418 g/mol. The highest BCUT2D eigenvalue weighted by Crippen LogP contribution is 2.31. The molecule has 1 amide bonds. The minimum atomic E-state index is -0.360. The highest BCUT2D eigenvalue weighted by molar-refractivity contribution is 7.99. The van der Waals surface area contributed by atoms with Gasteiger partial charge in [0.05, 0.1) is 4.70 Å². The number of thiazole rings is 1. The Morgan fingerprint density at radius 2 is 1.89 bits per heavy atom. The molecule has 0 aliphatic carbocycles. The molecule has 3 rings (SSSR count). The summed E-state index contributed by atoms with van der Waals surface area (Å²) in [6, 6.07) is 12.5. The number of hydrogen-bond acceptors (Lipinski definition) is 5. The fraction of sp³-hybridized carbons (Fsp3) is 0.333. The fourth-order valence-electron chi connectivity index (χ4n) is 2.86. The van der Waals surface area contributed by atoms with Gasteiger partial charge in [0.2, 0.25) is 0 Å². The predicted octanol–water partition coefficient (Wildman–Crippen LogP) is 5.15. The molecule has 148 valence electrons. The minimum Gasteiger partial charge on any atom is -0.309 e. The summed E-state index contributed by atoms with van der Waals surface area (Å²) in [5, 5.41) is 0.538. The number of rotatable bonds is 8. The number of carbonyl (C=O) groups is 1. The molecule has 28 heavy (non-hydrogen) atoms. The van der Waals surface area contributed by atoms with Crippen LogP contribution in [0.15, 0.2) is 47.4 Å². The Kier molecular flexibility index (Phi) is 7.04. The van der Waals surface area contributed by atoms with E-state index in [0.717, 1.165) is 28.3 Å². The van der Waals surface area contributed by atoms with Crippen molar-refractivity contribution < 1.29 is 9.18 Å². The summed E-state index contributed by atoms with van der Waals surface area (Å²) in [7, 11) is 4.01. The van der Waals surface area contributed by atoms with E-state index in [0.29, 0.717) is 22.8 Å². The third-order valence-corrected chi connectivity index (χ3v) is 6.17. The van der Waals surface area contributed by atoms with E-state index >= 15 is 0 Å². The normalized spacial score (nSPS) is 11.3. The number of halogens is 1. The number of fused-ring (bicyclic) bond motifs is 1. The molecule has 0 spiro atoms. The van der Waals surface area contributed by atoms with E-state index in [2.05, 4.69) is 16.8 Å². The number of aromatic nitrogens is 1. The summed E-state index contributed by atoms with van der Waals surface area (Å²) >= 11 is 3.09. The largest absolute Gasteiger partial charge is 0.309 e. The zero-order valence-corrected chi connectivity index (χ0v) is 17.9. The zero-order valence-electron chi connectivity index (χ0n) is 16.3. The van der Waals surface area contributed by atoms with Gasteiger partial charge < -0.3 is 4.90 Å². The first-order valence-corrected chi connectivity index (χ1v) is 11.0. The lowest BCUT2D eigenvalue weighted by molar-refractivity contribution is 0.0986. The maximum atomic E-state index is 14.1. The summed E-state index contributed by atoms with van der Waals surface area (Å²) in [5.41, 5.74) is 0.938. The van der Waals surface area contributed by atoms with Gasteiger partial charge >= 0.3 is 0 Å². The first kappa shape index (κ1) is 20.8. The van der Waals surface area contributed by atoms with Crippen molar-refractivity contribution in [3.8, 4) is 0 Å². The van der Waals surface area contributed by atoms with Crippen LogP contribution in [0.4, 0.5) is 9.52 Å². The molecule has 1 aromatic heterocycles. The first-order chi connectivity index (χ1) is 13.5. The molecule has 0 bridgehead atoms. The Hall–Kier alpha value is -1.96. The number of carbonyl (C=O) groups excluding carboxylic acids is 1. The van der Waals surface area contributed by atoms with Gasteiger partial charge in [0.25, 0.3) is 5.91 Å². The topological polar surface area (TPSA) is 36.4 Å². The second-order valence-electron chi connectivity index (χ2n) is 6.65. The molecule has 7 heteroatoms. The van der Waals surface area contributed by atoms with E-state index in [-0.39, 0.29) is 11.7 Å². The lowest BCUT2D eigenvalue weighted by atomic mass is 10.2. The standard InChI is InChI=1S/C21H24FN3OS2/c1-4-27-16-11-9-15(10-12-16)20(26)25(14-6-13-24(2)3)21-23-19-17(22)7-5-8-18(19)28-21/h5,7-12H,4,6,13-14H2,1-3H3. The molecule has 0 saturated carbocycles. The molecule has 2 aromatic carbocycles. The van der Waals surface area contributed by atoms with Crippen LogP contribution < -0.4 is 4.90 Å². The first-order valence-electron chi connectivity index (χ1n) is 9.24. The average Bonchev–Trinajstić information content (AvgIpc) is 3.11. The summed E-state index contributed by atoms with van der Waals surface area (Å²) in [5.74, 6) is 0.522. The molecule has 0 atom stereocenters. The van der Waals surface area contributed by atoms with Gasteiger partial charge in [-0.2, -0.15) is 0 Å². The van der Waals surface area contributed by atoms with Crippen LogP contribution in [0.1, 0.15) is 23.7 Å². The third kappa shape index (κ3) is 4.90. The third-order valence-electron chi connectivity index (χ3n) is 4.23. The Labute approximate surface area is 173 Å². The van der Waals surface area contributed by atoms with Gasteiger partial charge in [0.1, 0.15) is 11.3 Å². The van der Waals surface area contributed by atoms with Crippen molar-refractivity contribution in [2.24, 2.45) is 0 Å². The van der Waals surface area contributed by atoms with Gasteiger partial charge in [-0.3, -0.25) is 9.69 Å². The van der Waals surface area contributed by atoms with Crippen molar-refractivity contribution in [1.29, 1.82) is 0 Å². The second-order valence-corrected chi connectivity index (χ2v) is 9.00.